The van der Waals surface area contributed by atoms with Gasteiger partial charge in [0, 0.05) is 16.1 Å². The van der Waals surface area contributed by atoms with Gasteiger partial charge in [-0.25, -0.2) is 0 Å². The zero-order valence-electron chi connectivity index (χ0n) is 15.9. The molecule has 0 unspecified atom stereocenters. The lowest BCUT2D eigenvalue weighted by Crippen LogP contribution is -2.40. The van der Waals surface area contributed by atoms with E-state index in [2.05, 4.69) is 62.8 Å². The molecule has 2 rings (SSSR count). The van der Waals surface area contributed by atoms with Crippen molar-refractivity contribution >= 4 is 27.5 Å². The van der Waals surface area contributed by atoms with Crippen molar-refractivity contribution in [2.75, 3.05) is 5.32 Å². The van der Waals surface area contributed by atoms with E-state index < -0.39 is 0 Å². The third-order valence-electron chi connectivity index (χ3n) is 5.64. The van der Waals surface area contributed by atoms with Gasteiger partial charge in [0.2, 0.25) is 5.91 Å². The number of rotatable bonds is 2. The van der Waals surface area contributed by atoms with Crippen molar-refractivity contribution in [3.8, 4) is 0 Å². The Balaban J connectivity index is 2.14. The van der Waals surface area contributed by atoms with Gasteiger partial charge in [-0.2, -0.15) is 0 Å². The molecule has 0 bridgehead atoms. The van der Waals surface area contributed by atoms with Gasteiger partial charge in [-0.15, -0.1) is 0 Å². The fourth-order valence-corrected chi connectivity index (χ4v) is 3.99. The highest BCUT2D eigenvalue weighted by molar-refractivity contribution is 9.10. The van der Waals surface area contributed by atoms with E-state index in [1.165, 1.54) is 6.42 Å². The SMILES string of the molecule is CC(C)(C)[C@H]1CC(C(=O)Nc2ccc(Br)cc2)C[C@H](C(C)(C)C)C1. The average molecular weight is 394 g/mol. The molecule has 24 heavy (non-hydrogen) atoms. The largest absolute Gasteiger partial charge is 0.326 e. The lowest BCUT2D eigenvalue weighted by atomic mass is 9.60. The Morgan fingerprint density at radius 3 is 1.79 bits per heavy atom. The Bertz CT molecular complexity index is 543. The number of anilines is 1. The average Bonchev–Trinajstić information content (AvgIpc) is 2.47. The monoisotopic (exact) mass is 393 g/mol. The third kappa shape index (κ3) is 5.08. The molecular formula is C21H32BrNO. The summed E-state index contributed by atoms with van der Waals surface area (Å²) in [5, 5.41) is 3.12. The number of carbonyl (C=O) groups excluding carboxylic acids is 1. The van der Waals surface area contributed by atoms with Crippen LogP contribution in [0.15, 0.2) is 28.7 Å². The minimum absolute atomic E-state index is 0.107. The fraction of sp³-hybridized carbons (Fsp3) is 0.667. The van der Waals surface area contributed by atoms with E-state index in [4.69, 9.17) is 0 Å². The zero-order valence-corrected chi connectivity index (χ0v) is 17.5. The predicted octanol–water partition coefficient (Wildman–Crippen LogP) is 6.51. The van der Waals surface area contributed by atoms with Crippen LogP contribution in [0.4, 0.5) is 5.69 Å². The van der Waals surface area contributed by atoms with E-state index in [0.29, 0.717) is 11.8 Å². The number of hydrogen-bond acceptors (Lipinski definition) is 1. The van der Waals surface area contributed by atoms with Crippen LogP contribution in [-0.2, 0) is 4.79 Å². The Morgan fingerprint density at radius 2 is 1.38 bits per heavy atom. The van der Waals surface area contributed by atoms with Crippen molar-refractivity contribution in [3.05, 3.63) is 28.7 Å². The molecule has 1 aliphatic rings. The number of nitrogens with one attached hydrogen (secondary N) is 1. The smallest absolute Gasteiger partial charge is 0.227 e. The molecule has 1 aromatic carbocycles. The lowest BCUT2D eigenvalue weighted by molar-refractivity contribution is -0.123. The highest BCUT2D eigenvalue weighted by atomic mass is 79.9. The Hall–Kier alpha value is -0.830. The Kier molecular flexibility index (Phi) is 5.84. The molecule has 0 aromatic heterocycles. The van der Waals surface area contributed by atoms with Crippen LogP contribution in [0.1, 0.15) is 60.8 Å². The Morgan fingerprint density at radius 1 is 0.917 bits per heavy atom. The molecule has 1 aliphatic carbocycles. The minimum atomic E-state index is 0.107. The summed E-state index contributed by atoms with van der Waals surface area (Å²) >= 11 is 3.43. The zero-order chi connectivity index (χ0) is 18.1. The first-order chi connectivity index (χ1) is 11.0. The Labute approximate surface area is 155 Å². The first kappa shape index (κ1) is 19.5. The van der Waals surface area contributed by atoms with Crippen molar-refractivity contribution in [3.63, 3.8) is 0 Å². The fourth-order valence-electron chi connectivity index (χ4n) is 3.72. The summed E-state index contributed by atoms with van der Waals surface area (Å²) in [7, 11) is 0. The molecule has 1 amide bonds. The van der Waals surface area contributed by atoms with Crippen molar-refractivity contribution < 1.29 is 4.79 Å². The minimum Gasteiger partial charge on any atom is -0.326 e. The second-order valence-electron chi connectivity index (χ2n) is 9.53. The topological polar surface area (TPSA) is 29.1 Å². The van der Waals surface area contributed by atoms with Crippen LogP contribution in [0.5, 0.6) is 0 Å². The highest BCUT2D eigenvalue weighted by Crippen LogP contribution is 2.48. The molecule has 134 valence electrons. The molecule has 0 heterocycles. The second kappa shape index (κ2) is 7.19. The van der Waals surface area contributed by atoms with Gasteiger partial charge in [0.05, 0.1) is 0 Å². The van der Waals surface area contributed by atoms with E-state index in [1.54, 1.807) is 0 Å². The third-order valence-corrected chi connectivity index (χ3v) is 6.17. The van der Waals surface area contributed by atoms with Crippen LogP contribution in [0.2, 0.25) is 0 Å². The summed E-state index contributed by atoms with van der Waals surface area (Å²) in [6.45, 7) is 13.9. The number of carbonyl (C=O) groups is 1. The van der Waals surface area contributed by atoms with Gasteiger partial charge in [0.15, 0.2) is 0 Å². The quantitative estimate of drug-likeness (QED) is 0.608. The molecular weight excluding hydrogens is 362 g/mol. The molecule has 1 saturated carbocycles. The van der Waals surface area contributed by atoms with E-state index in [-0.39, 0.29) is 22.7 Å². The van der Waals surface area contributed by atoms with Gasteiger partial charge in [0.25, 0.3) is 0 Å². The maximum absolute atomic E-state index is 12.9. The van der Waals surface area contributed by atoms with Crippen LogP contribution in [-0.4, -0.2) is 5.91 Å². The lowest BCUT2D eigenvalue weighted by Gasteiger charge is -2.45. The van der Waals surface area contributed by atoms with E-state index in [0.717, 1.165) is 23.0 Å². The van der Waals surface area contributed by atoms with Crippen LogP contribution in [0.25, 0.3) is 0 Å². The summed E-state index contributed by atoms with van der Waals surface area (Å²) in [4.78, 5) is 12.9. The van der Waals surface area contributed by atoms with Gasteiger partial charge in [-0.3, -0.25) is 4.79 Å². The van der Waals surface area contributed by atoms with Gasteiger partial charge in [-0.1, -0.05) is 57.5 Å². The van der Waals surface area contributed by atoms with Gasteiger partial charge in [-0.05, 0) is 66.2 Å². The van der Waals surface area contributed by atoms with Crippen LogP contribution < -0.4 is 5.32 Å². The number of hydrogen-bond donors (Lipinski definition) is 1. The highest BCUT2D eigenvalue weighted by Gasteiger charge is 2.41. The summed E-state index contributed by atoms with van der Waals surface area (Å²) in [5.41, 5.74) is 1.38. The van der Waals surface area contributed by atoms with Crippen molar-refractivity contribution in [2.24, 2.45) is 28.6 Å². The van der Waals surface area contributed by atoms with Crippen molar-refractivity contribution in [2.45, 2.75) is 60.8 Å². The maximum Gasteiger partial charge on any atom is 0.227 e. The molecule has 3 heteroatoms. The molecule has 2 atom stereocenters. The summed E-state index contributed by atoms with van der Waals surface area (Å²) in [6, 6.07) is 7.83. The molecule has 1 aromatic rings. The predicted molar refractivity (Wildman–Crippen MR) is 106 cm³/mol. The van der Waals surface area contributed by atoms with E-state index in [9.17, 15) is 4.79 Å². The summed E-state index contributed by atoms with van der Waals surface area (Å²) in [5.74, 6) is 1.48. The number of benzene rings is 1. The molecule has 0 saturated heterocycles. The normalized spacial score (nSPS) is 25.4. The number of halogens is 1. The molecule has 0 spiro atoms. The van der Waals surface area contributed by atoms with Crippen LogP contribution in [0.3, 0.4) is 0 Å². The molecule has 0 radical (unpaired) electrons. The van der Waals surface area contributed by atoms with Crippen molar-refractivity contribution in [1.82, 2.24) is 0 Å². The standard InChI is InChI=1S/C21H32BrNO/c1-20(2,3)15-11-14(12-16(13-15)21(4,5)6)19(24)23-18-9-7-17(22)8-10-18/h7-10,14-16H,11-13H2,1-6H3,(H,23,24)/t15-,16-/m0/s1. The molecule has 1 fully saturated rings. The van der Waals surface area contributed by atoms with Gasteiger partial charge in [0.1, 0.15) is 0 Å². The summed E-state index contributed by atoms with van der Waals surface area (Å²) in [6.07, 6.45) is 3.23. The van der Waals surface area contributed by atoms with Crippen molar-refractivity contribution in [1.29, 1.82) is 0 Å². The summed E-state index contributed by atoms with van der Waals surface area (Å²) < 4.78 is 1.03. The number of amides is 1. The van der Waals surface area contributed by atoms with E-state index >= 15 is 0 Å². The van der Waals surface area contributed by atoms with E-state index in [1.807, 2.05) is 24.3 Å². The van der Waals surface area contributed by atoms with Gasteiger partial charge >= 0.3 is 0 Å². The molecule has 2 nitrogen and oxygen atoms in total. The van der Waals surface area contributed by atoms with Crippen LogP contribution in [0, 0.1) is 28.6 Å². The molecule has 1 N–H and O–H groups in total. The first-order valence-corrected chi connectivity index (χ1v) is 9.82. The van der Waals surface area contributed by atoms with Crippen LogP contribution >= 0.6 is 15.9 Å². The maximum atomic E-state index is 12.9. The molecule has 0 aliphatic heterocycles. The second-order valence-corrected chi connectivity index (χ2v) is 10.4. The first-order valence-electron chi connectivity index (χ1n) is 9.03. The van der Waals surface area contributed by atoms with Gasteiger partial charge < -0.3 is 5.32 Å².